The smallest absolute Gasteiger partial charge is 0.243 e. The summed E-state index contributed by atoms with van der Waals surface area (Å²) >= 11 is 1.66. The van der Waals surface area contributed by atoms with E-state index in [4.69, 9.17) is 4.74 Å². The van der Waals surface area contributed by atoms with Crippen molar-refractivity contribution in [2.75, 3.05) is 54.0 Å². The standard InChI is InChI=1S/C17H31N5O2S.HI/c1-6-24-10-7-8-19-17(20-12-15(23)21(3)4)22(5)13-14(2)16-18-9-11-25-16;/h9,11,14H,6-8,10,12-13H2,1-5H3,(H,19,20);1H. The van der Waals surface area contributed by atoms with Gasteiger partial charge >= 0.3 is 0 Å². The van der Waals surface area contributed by atoms with Gasteiger partial charge in [-0.05, 0) is 13.3 Å². The average Bonchev–Trinajstić information content (AvgIpc) is 3.11. The fourth-order valence-electron chi connectivity index (χ4n) is 2.17. The zero-order valence-corrected chi connectivity index (χ0v) is 19.5. The Labute approximate surface area is 178 Å². The molecule has 1 rings (SSSR count). The maximum absolute atomic E-state index is 11.8. The highest BCUT2D eigenvalue weighted by Gasteiger charge is 2.15. The molecule has 0 fully saturated rings. The van der Waals surface area contributed by atoms with Crippen LogP contribution in [-0.4, -0.2) is 80.6 Å². The van der Waals surface area contributed by atoms with Gasteiger partial charge in [0.25, 0.3) is 0 Å². The Morgan fingerprint density at radius 1 is 1.42 bits per heavy atom. The minimum atomic E-state index is -0.0185. The van der Waals surface area contributed by atoms with E-state index in [-0.39, 0.29) is 36.4 Å². The number of halogens is 1. The lowest BCUT2D eigenvalue weighted by molar-refractivity contribution is -0.127. The fraction of sp³-hybridized carbons (Fsp3) is 0.706. The first-order valence-corrected chi connectivity index (χ1v) is 9.50. The van der Waals surface area contributed by atoms with Gasteiger partial charge in [-0.15, -0.1) is 35.3 Å². The number of guanidine groups is 1. The molecule has 0 radical (unpaired) electrons. The first-order valence-electron chi connectivity index (χ1n) is 8.62. The van der Waals surface area contributed by atoms with Crippen LogP contribution in [0.2, 0.25) is 0 Å². The number of ether oxygens (including phenoxy) is 1. The molecule has 1 amide bonds. The van der Waals surface area contributed by atoms with Crippen LogP contribution in [0.5, 0.6) is 0 Å². The maximum atomic E-state index is 11.8. The van der Waals surface area contributed by atoms with E-state index < -0.39 is 0 Å². The minimum Gasteiger partial charge on any atom is -0.382 e. The highest BCUT2D eigenvalue weighted by molar-refractivity contribution is 14.0. The zero-order valence-electron chi connectivity index (χ0n) is 16.4. The molecule has 1 N–H and O–H groups in total. The number of carbonyl (C=O) groups is 1. The normalized spacial score (nSPS) is 12.3. The molecule has 26 heavy (non-hydrogen) atoms. The van der Waals surface area contributed by atoms with E-state index in [1.807, 2.05) is 25.5 Å². The Hall–Kier alpha value is -0.940. The second-order valence-electron chi connectivity index (χ2n) is 6.06. The van der Waals surface area contributed by atoms with Gasteiger partial charge in [-0.25, -0.2) is 9.98 Å². The van der Waals surface area contributed by atoms with E-state index in [9.17, 15) is 4.79 Å². The molecule has 150 valence electrons. The Morgan fingerprint density at radius 3 is 2.73 bits per heavy atom. The van der Waals surface area contributed by atoms with Gasteiger partial charge in [0.05, 0.1) is 5.01 Å². The Bertz CT molecular complexity index is 525. The average molecular weight is 497 g/mol. The molecular formula is C17H32IN5O2S. The molecule has 0 aliphatic rings. The van der Waals surface area contributed by atoms with Crippen molar-refractivity contribution in [2.45, 2.75) is 26.2 Å². The van der Waals surface area contributed by atoms with Gasteiger partial charge in [-0.1, -0.05) is 6.92 Å². The third-order valence-electron chi connectivity index (χ3n) is 3.60. The Morgan fingerprint density at radius 2 is 2.15 bits per heavy atom. The lowest BCUT2D eigenvalue weighted by atomic mass is 10.2. The van der Waals surface area contributed by atoms with E-state index in [0.717, 1.165) is 37.1 Å². The number of aromatic nitrogens is 1. The molecule has 1 heterocycles. The second-order valence-corrected chi connectivity index (χ2v) is 6.98. The van der Waals surface area contributed by atoms with Crippen LogP contribution in [0.4, 0.5) is 0 Å². The predicted octanol–water partition coefficient (Wildman–Crippen LogP) is 2.26. The van der Waals surface area contributed by atoms with Gasteiger partial charge in [0.2, 0.25) is 5.91 Å². The van der Waals surface area contributed by atoms with Crippen LogP contribution in [0, 0.1) is 0 Å². The molecular weight excluding hydrogens is 465 g/mol. The van der Waals surface area contributed by atoms with Crippen LogP contribution in [0.15, 0.2) is 16.6 Å². The number of rotatable bonds is 10. The first-order chi connectivity index (χ1) is 12.0. The van der Waals surface area contributed by atoms with Crippen LogP contribution < -0.4 is 5.32 Å². The van der Waals surface area contributed by atoms with Crippen LogP contribution in [0.1, 0.15) is 31.2 Å². The van der Waals surface area contributed by atoms with Crippen LogP contribution in [0.25, 0.3) is 0 Å². The molecule has 0 aromatic carbocycles. The molecule has 1 atom stereocenters. The molecule has 0 aliphatic heterocycles. The summed E-state index contributed by atoms with van der Waals surface area (Å²) in [5, 5.41) is 6.42. The number of likely N-dealkylation sites (N-methyl/N-ethyl adjacent to an activating group) is 2. The van der Waals surface area contributed by atoms with Crippen molar-refractivity contribution in [3.05, 3.63) is 16.6 Å². The fourth-order valence-corrected chi connectivity index (χ4v) is 2.86. The molecule has 0 bridgehead atoms. The first kappa shape index (κ1) is 25.1. The highest BCUT2D eigenvalue weighted by Crippen LogP contribution is 2.18. The number of nitrogens with zero attached hydrogens (tertiary/aromatic N) is 4. The maximum Gasteiger partial charge on any atom is 0.243 e. The third-order valence-corrected chi connectivity index (χ3v) is 4.60. The van der Waals surface area contributed by atoms with Crippen LogP contribution in [0.3, 0.4) is 0 Å². The van der Waals surface area contributed by atoms with Crippen molar-refractivity contribution in [3.63, 3.8) is 0 Å². The van der Waals surface area contributed by atoms with Gasteiger partial charge in [0.1, 0.15) is 6.54 Å². The Balaban J connectivity index is 0.00000625. The number of carbonyl (C=O) groups excluding carboxylic acids is 1. The summed E-state index contributed by atoms with van der Waals surface area (Å²) in [6.07, 6.45) is 2.72. The Kier molecular flexibility index (Phi) is 13.6. The number of nitrogens with one attached hydrogen (secondary N) is 1. The van der Waals surface area contributed by atoms with E-state index >= 15 is 0 Å². The van der Waals surface area contributed by atoms with Gasteiger partial charge < -0.3 is 19.9 Å². The molecule has 1 unspecified atom stereocenters. The molecule has 7 nitrogen and oxygen atoms in total. The van der Waals surface area contributed by atoms with Gasteiger partial charge in [0.15, 0.2) is 5.96 Å². The minimum absolute atomic E-state index is 0. The highest BCUT2D eigenvalue weighted by atomic mass is 127. The molecule has 0 spiro atoms. The number of hydrogen-bond donors (Lipinski definition) is 1. The van der Waals surface area contributed by atoms with Gasteiger partial charge in [0, 0.05) is 64.9 Å². The van der Waals surface area contributed by atoms with Crippen molar-refractivity contribution in [1.82, 2.24) is 20.1 Å². The quantitative estimate of drug-likeness (QED) is 0.233. The number of amides is 1. The molecule has 0 aliphatic carbocycles. The summed E-state index contributed by atoms with van der Waals surface area (Å²) in [5.41, 5.74) is 0. The molecule has 1 aromatic heterocycles. The zero-order chi connectivity index (χ0) is 18.7. The number of hydrogen-bond acceptors (Lipinski definition) is 5. The lowest BCUT2D eigenvalue weighted by Crippen LogP contribution is -2.42. The summed E-state index contributed by atoms with van der Waals surface area (Å²) in [4.78, 5) is 24.3. The van der Waals surface area contributed by atoms with Crippen molar-refractivity contribution >= 4 is 47.2 Å². The lowest BCUT2D eigenvalue weighted by Gasteiger charge is -2.25. The monoisotopic (exact) mass is 497 g/mol. The van der Waals surface area contributed by atoms with Crippen molar-refractivity contribution in [3.8, 4) is 0 Å². The van der Waals surface area contributed by atoms with E-state index in [0.29, 0.717) is 12.5 Å². The predicted molar refractivity (Wildman–Crippen MR) is 119 cm³/mol. The van der Waals surface area contributed by atoms with Crippen LogP contribution >= 0.6 is 35.3 Å². The van der Waals surface area contributed by atoms with Crippen molar-refractivity contribution in [2.24, 2.45) is 4.99 Å². The van der Waals surface area contributed by atoms with Crippen LogP contribution in [-0.2, 0) is 9.53 Å². The molecule has 1 aromatic rings. The van der Waals surface area contributed by atoms with Crippen molar-refractivity contribution < 1.29 is 9.53 Å². The molecule has 9 heteroatoms. The summed E-state index contributed by atoms with van der Waals surface area (Å²) in [6.45, 7) is 7.24. The summed E-state index contributed by atoms with van der Waals surface area (Å²) in [6, 6.07) is 0. The second kappa shape index (κ2) is 14.2. The SMILES string of the molecule is CCOCCCNC(=NCC(=O)N(C)C)N(C)CC(C)c1nccs1.I. The summed E-state index contributed by atoms with van der Waals surface area (Å²) in [5.74, 6) is 1.01. The van der Waals surface area contributed by atoms with Crippen molar-refractivity contribution in [1.29, 1.82) is 0 Å². The van der Waals surface area contributed by atoms with Gasteiger partial charge in [-0.3, -0.25) is 4.79 Å². The number of aliphatic imine (C=N–C) groups is 1. The summed E-state index contributed by atoms with van der Waals surface area (Å²) < 4.78 is 5.36. The van der Waals surface area contributed by atoms with E-state index in [1.165, 1.54) is 0 Å². The van der Waals surface area contributed by atoms with E-state index in [2.05, 4.69) is 27.1 Å². The molecule has 0 saturated heterocycles. The third kappa shape index (κ3) is 9.67. The topological polar surface area (TPSA) is 70.1 Å². The van der Waals surface area contributed by atoms with Gasteiger partial charge in [-0.2, -0.15) is 0 Å². The number of thiazole rings is 1. The largest absolute Gasteiger partial charge is 0.382 e. The molecule has 0 saturated carbocycles. The summed E-state index contributed by atoms with van der Waals surface area (Å²) in [7, 11) is 5.46. The van der Waals surface area contributed by atoms with E-state index in [1.54, 1.807) is 30.3 Å².